The molecule has 0 atom stereocenters. The minimum Gasteiger partial charge on any atom is -0.457 e. The predicted molar refractivity (Wildman–Crippen MR) is 103 cm³/mol. The molecule has 0 saturated carbocycles. The maximum atomic E-state index is 6.22. The Labute approximate surface area is 156 Å². The van der Waals surface area contributed by atoms with Gasteiger partial charge in [-0.05, 0) is 48.2 Å². The average molecular weight is 354 g/mol. The number of nitrogens with zero attached hydrogens (tertiary/aromatic N) is 4. The van der Waals surface area contributed by atoms with E-state index in [9.17, 15) is 0 Å². The van der Waals surface area contributed by atoms with Crippen LogP contribution in [0.25, 0.3) is 22.8 Å². The van der Waals surface area contributed by atoms with Crippen LogP contribution >= 0.6 is 0 Å². The first kappa shape index (κ1) is 14.8. The van der Waals surface area contributed by atoms with E-state index in [1.165, 1.54) is 11.1 Å². The Hall–Kier alpha value is -3.34. The zero-order valence-corrected chi connectivity index (χ0v) is 14.8. The van der Waals surface area contributed by atoms with Gasteiger partial charge in [0, 0.05) is 49.0 Å². The van der Waals surface area contributed by atoms with Gasteiger partial charge in [-0.2, -0.15) is 0 Å². The van der Waals surface area contributed by atoms with Crippen molar-refractivity contribution in [2.45, 2.75) is 25.9 Å². The molecule has 0 spiro atoms. The Morgan fingerprint density at radius 1 is 0.704 bits per heavy atom. The molecule has 0 radical (unpaired) electrons. The largest absolute Gasteiger partial charge is 0.457 e. The van der Waals surface area contributed by atoms with Crippen molar-refractivity contribution in [1.29, 1.82) is 0 Å². The Kier molecular flexibility index (Phi) is 3.06. The fraction of sp³-hybridized carbons (Fsp3) is 0.182. The first-order valence-electron chi connectivity index (χ1n) is 9.32. The van der Waals surface area contributed by atoms with Crippen molar-refractivity contribution in [3.8, 4) is 34.3 Å². The number of hydrogen-bond donors (Lipinski definition) is 0. The molecule has 5 nitrogen and oxygen atoms in total. The third-order valence-electron chi connectivity index (χ3n) is 5.56. The van der Waals surface area contributed by atoms with Crippen molar-refractivity contribution in [2.24, 2.45) is 0 Å². The molecule has 5 heteroatoms. The van der Waals surface area contributed by atoms with E-state index in [1.54, 1.807) is 0 Å². The fourth-order valence-corrected chi connectivity index (χ4v) is 4.18. The predicted octanol–water partition coefficient (Wildman–Crippen LogP) is 4.32. The minimum absolute atomic E-state index is 0.837. The van der Waals surface area contributed by atoms with E-state index in [1.807, 2.05) is 24.8 Å². The summed E-state index contributed by atoms with van der Waals surface area (Å²) in [6, 6.07) is 12.6. The monoisotopic (exact) mass is 354 g/mol. The van der Waals surface area contributed by atoms with Crippen LogP contribution in [-0.4, -0.2) is 19.1 Å². The summed E-state index contributed by atoms with van der Waals surface area (Å²) in [4.78, 5) is 9.04. The van der Waals surface area contributed by atoms with E-state index in [0.29, 0.717) is 0 Å². The Morgan fingerprint density at radius 2 is 1.22 bits per heavy atom. The van der Waals surface area contributed by atoms with E-state index in [-0.39, 0.29) is 0 Å². The molecular weight excluding hydrogens is 336 g/mol. The van der Waals surface area contributed by atoms with Crippen molar-refractivity contribution >= 4 is 0 Å². The Bertz CT molecular complexity index is 1080. The van der Waals surface area contributed by atoms with Gasteiger partial charge in [-0.3, -0.25) is 0 Å². The molecule has 4 aromatic rings. The van der Waals surface area contributed by atoms with Gasteiger partial charge in [0.1, 0.15) is 23.1 Å². The van der Waals surface area contributed by atoms with Gasteiger partial charge < -0.3 is 13.9 Å². The van der Waals surface area contributed by atoms with E-state index >= 15 is 0 Å². The summed E-state index contributed by atoms with van der Waals surface area (Å²) in [5.74, 6) is 3.72. The van der Waals surface area contributed by atoms with Crippen molar-refractivity contribution in [1.82, 2.24) is 19.1 Å². The highest BCUT2D eigenvalue weighted by Crippen LogP contribution is 2.35. The number of imidazole rings is 2. The first-order valence-corrected chi connectivity index (χ1v) is 9.32. The smallest absolute Gasteiger partial charge is 0.140 e. The summed E-state index contributed by atoms with van der Waals surface area (Å²) >= 11 is 0. The second-order valence-corrected chi connectivity index (χ2v) is 7.13. The molecule has 2 aromatic heterocycles. The van der Waals surface area contributed by atoms with Crippen LogP contribution in [0.4, 0.5) is 0 Å². The van der Waals surface area contributed by atoms with Crippen molar-refractivity contribution in [2.75, 3.05) is 0 Å². The zero-order chi connectivity index (χ0) is 17.8. The Balaban J connectivity index is 1.37. The molecule has 0 fully saturated rings. The number of ether oxygens (including phenoxy) is 1. The summed E-state index contributed by atoms with van der Waals surface area (Å²) in [6.07, 6.45) is 9.86. The highest BCUT2D eigenvalue weighted by molar-refractivity contribution is 5.67. The molecule has 0 amide bonds. The van der Waals surface area contributed by atoms with E-state index in [2.05, 4.69) is 55.5 Å². The maximum absolute atomic E-state index is 6.22. The number of benzene rings is 2. The third-order valence-corrected chi connectivity index (χ3v) is 5.56. The topological polar surface area (TPSA) is 44.9 Å². The van der Waals surface area contributed by atoms with Gasteiger partial charge in [0.15, 0.2) is 0 Å². The fourth-order valence-electron chi connectivity index (χ4n) is 4.18. The van der Waals surface area contributed by atoms with E-state index in [4.69, 9.17) is 4.74 Å². The number of aromatic nitrogens is 4. The molecule has 132 valence electrons. The molecule has 0 bridgehead atoms. The Morgan fingerprint density at radius 3 is 1.74 bits per heavy atom. The second-order valence-electron chi connectivity index (χ2n) is 7.13. The van der Waals surface area contributed by atoms with E-state index < -0.39 is 0 Å². The molecular formula is C22H18N4O. The van der Waals surface area contributed by atoms with Gasteiger partial charge in [0.25, 0.3) is 0 Å². The molecule has 27 heavy (non-hydrogen) atoms. The summed E-state index contributed by atoms with van der Waals surface area (Å²) in [7, 11) is 0. The van der Waals surface area contributed by atoms with Gasteiger partial charge in [-0.25, -0.2) is 9.97 Å². The first-order chi connectivity index (χ1) is 13.3. The molecule has 6 rings (SSSR count). The quantitative estimate of drug-likeness (QED) is 0.539. The molecule has 0 N–H and O–H groups in total. The van der Waals surface area contributed by atoms with Gasteiger partial charge in [-0.1, -0.05) is 12.1 Å². The lowest BCUT2D eigenvalue weighted by Crippen LogP contribution is -2.10. The number of hydrogen-bond acceptors (Lipinski definition) is 3. The number of rotatable bonds is 2. The zero-order valence-electron chi connectivity index (χ0n) is 14.8. The van der Waals surface area contributed by atoms with E-state index in [0.717, 1.165) is 60.2 Å². The van der Waals surface area contributed by atoms with Crippen LogP contribution in [0.1, 0.15) is 11.1 Å². The third kappa shape index (κ3) is 2.31. The number of aryl methyl sites for hydroxylation is 4. The standard InChI is InChI=1S/C22H18N4O/c1-3-17(13-19-15(1)5-9-25-11-7-23-21(19)25)27-18-4-2-16-6-10-26-12-8-24-22(26)20(16)14-18/h1-4,7-8,11-14H,5-6,9-10H2. The van der Waals surface area contributed by atoms with Crippen molar-refractivity contribution in [3.05, 3.63) is 72.3 Å². The summed E-state index contributed by atoms with van der Waals surface area (Å²) in [6.45, 7) is 1.97. The van der Waals surface area contributed by atoms with Gasteiger partial charge >= 0.3 is 0 Å². The van der Waals surface area contributed by atoms with Crippen LogP contribution in [-0.2, 0) is 25.9 Å². The molecule has 2 aliphatic heterocycles. The van der Waals surface area contributed by atoms with Crippen LogP contribution in [0.3, 0.4) is 0 Å². The molecule has 2 aliphatic rings. The molecule has 4 heterocycles. The lowest BCUT2D eigenvalue weighted by atomic mass is 10.00. The van der Waals surface area contributed by atoms with Crippen LogP contribution < -0.4 is 4.74 Å². The van der Waals surface area contributed by atoms with Crippen LogP contribution in [0.2, 0.25) is 0 Å². The van der Waals surface area contributed by atoms with Crippen LogP contribution in [0.5, 0.6) is 11.5 Å². The molecule has 0 aliphatic carbocycles. The molecule has 0 unspecified atom stereocenters. The lowest BCUT2D eigenvalue weighted by molar-refractivity contribution is 0.482. The summed E-state index contributed by atoms with van der Waals surface area (Å²) < 4.78 is 10.6. The summed E-state index contributed by atoms with van der Waals surface area (Å²) in [5, 5.41) is 0. The van der Waals surface area contributed by atoms with Crippen molar-refractivity contribution in [3.63, 3.8) is 0 Å². The molecule has 2 aromatic carbocycles. The highest BCUT2D eigenvalue weighted by Gasteiger charge is 2.19. The second kappa shape index (κ2) is 5.58. The van der Waals surface area contributed by atoms with Gasteiger partial charge in [0.05, 0.1) is 0 Å². The van der Waals surface area contributed by atoms with Gasteiger partial charge in [0.2, 0.25) is 0 Å². The maximum Gasteiger partial charge on any atom is 0.140 e. The highest BCUT2D eigenvalue weighted by atomic mass is 16.5. The SMILES string of the molecule is c1cn2c(n1)-c1cc(Oc3ccc4c(c3)-c3nccn3CC4)ccc1CC2. The minimum atomic E-state index is 0.837. The molecule has 0 saturated heterocycles. The number of fused-ring (bicyclic) bond motifs is 6. The van der Waals surface area contributed by atoms with Crippen LogP contribution in [0.15, 0.2) is 61.2 Å². The van der Waals surface area contributed by atoms with Crippen LogP contribution in [0, 0.1) is 0 Å². The van der Waals surface area contributed by atoms with Crippen molar-refractivity contribution < 1.29 is 4.74 Å². The average Bonchev–Trinajstić information content (AvgIpc) is 3.37. The van der Waals surface area contributed by atoms with Gasteiger partial charge in [-0.15, -0.1) is 0 Å². The lowest BCUT2D eigenvalue weighted by Gasteiger charge is -2.20. The summed E-state index contributed by atoms with van der Waals surface area (Å²) in [5.41, 5.74) is 4.98. The normalized spacial score (nSPS) is 14.1.